The van der Waals surface area contributed by atoms with E-state index < -0.39 is 6.10 Å². The number of hydrogen-bond donors (Lipinski definition) is 1. The summed E-state index contributed by atoms with van der Waals surface area (Å²) >= 11 is 1.68. The van der Waals surface area contributed by atoms with Crippen molar-refractivity contribution in [1.29, 1.82) is 0 Å². The predicted octanol–water partition coefficient (Wildman–Crippen LogP) is 2.84. The van der Waals surface area contributed by atoms with Crippen molar-refractivity contribution in [1.82, 2.24) is 9.88 Å². The SMILES string of the molecule is Cc1csc(N2CCCN(CC(O)c3cccc(F)c3)CC2)n1. The van der Waals surface area contributed by atoms with E-state index in [-0.39, 0.29) is 5.82 Å². The summed E-state index contributed by atoms with van der Waals surface area (Å²) in [6.07, 6.45) is 0.383. The molecule has 2 heterocycles. The molecule has 1 fully saturated rings. The molecule has 1 aliphatic heterocycles. The third-order valence-corrected chi connectivity index (χ3v) is 5.15. The molecule has 1 N–H and O–H groups in total. The fraction of sp³-hybridized carbons (Fsp3) is 0.471. The van der Waals surface area contributed by atoms with E-state index in [0.717, 1.165) is 43.4 Å². The highest BCUT2D eigenvalue weighted by atomic mass is 32.1. The Labute approximate surface area is 140 Å². The standard InChI is InChI=1S/C17H22FN3OS/c1-13-12-23-17(19-13)21-7-3-6-20(8-9-21)11-16(22)14-4-2-5-15(18)10-14/h2,4-5,10,12,16,22H,3,6-9,11H2,1H3. The number of hydrogen-bond acceptors (Lipinski definition) is 5. The minimum atomic E-state index is -0.653. The molecule has 1 atom stereocenters. The van der Waals surface area contributed by atoms with Crippen molar-refractivity contribution in [2.24, 2.45) is 0 Å². The average molecular weight is 335 g/mol. The molecule has 1 aromatic carbocycles. The molecule has 4 nitrogen and oxygen atoms in total. The lowest BCUT2D eigenvalue weighted by Crippen LogP contribution is -2.33. The van der Waals surface area contributed by atoms with Crippen molar-refractivity contribution in [3.8, 4) is 0 Å². The number of anilines is 1. The van der Waals surface area contributed by atoms with Crippen LogP contribution in [-0.2, 0) is 0 Å². The van der Waals surface area contributed by atoms with Gasteiger partial charge in [-0.25, -0.2) is 9.37 Å². The first-order valence-electron chi connectivity index (χ1n) is 7.95. The lowest BCUT2D eigenvalue weighted by Gasteiger charge is -2.24. The summed E-state index contributed by atoms with van der Waals surface area (Å²) < 4.78 is 13.3. The van der Waals surface area contributed by atoms with Gasteiger partial charge in [-0.2, -0.15) is 0 Å². The number of aromatic nitrogens is 1. The van der Waals surface area contributed by atoms with Crippen LogP contribution in [0.4, 0.5) is 9.52 Å². The van der Waals surface area contributed by atoms with Crippen molar-refractivity contribution in [3.63, 3.8) is 0 Å². The Morgan fingerprint density at radius 2 is 2.17 bits per heavy atom. The number of aliphatic hydroxyl groups excluding tert-OH is 1. The lowest BCUT2D eigenvalue weighted by molar-refractivity contribution is 0.117. The van der Waals surface area contributed by atoms with Crippen LogP contribution in [0.15, 0.2) is 29.6 Å². The molecule has 3 rings (SSSR count). The van der Waals surface area contributed by atoms with Gasteiger partial charge in [0, 0.05) is 38.1 Å². The number of thiazole rings is 1. The van der Waals surface area contributed by atoms with Crippen LogP contribution in [0.1, 0.15) is 23.8 Å². The van der Waals surface area contributed by atoms with Gasteiger partial charge in [0.25, 0.3) is 0 Å². The smallest absolute Gasteiger partial charge is 0.185 e. The summed E-state index contributed by atoms with van der Waals surface area (Å²) in [7, 11) is 0. The van der Waals surface area contributed by atoms with Gasteiger partial charge in [-0.15, -0.1) is 11.3 Å². The van der Waals surface area contributed by atoms with Gasteiger partial charge in [0.2, 0.25) is 0 Å². The number of β-amino-alcohol motifs (C(OH)–C–C–N with tert-alkyl or cyclic N) is 1. The van der Waals surface area contributed by atoms with Crippen molar-refractivity contribution < 1.29 is 9.50 Å². The first-order valence-corrected chi connectivity index (χ1v) is 8.83. The fourth-order valence-corrected chi connectivity index (χ4v) is 3.75. The summed E-state index contributed by atoms with van der Waals surface area (Å²) in [5.74, 6) is -0.303. The Kier molecular flexibility index (Phi) is 5.25. The molecule has 0 amide bonds. The maximum atomic E-state index is 13.3. The molecular formula is C17H22FN3OS. The number of aryl methyl sites for hydroxylation is 1. The molecule has 1 aromatic heterocycles. The summed E-state index contributed by atoms with van der Waals surface area (Å²) in [4.78, 5) is 9.11. The van der Waals surface area contributed by atoms with E-state index in [9.17, 15) is 9.50 Å². The van der Waals surface area contributed by atoms with Crippen molar-refractivity contribution in [2.75, 3.05) is 37.6 Å². The molecule has 1 saturated heterocycles. The zero-order chi connectivity index (χ0) is 16.2. The average Bonchev–Trinajstić information content (AvgIpc) is 2.83. The topological polar surface area (TPSA) is 39.6 Å². The summed E-state index contributed by atoms with van der Waals surface area (Å²) in [5, 5.41) is 13.5. The molecule has 124 valence electrons. The molecule has 2 aromatic rings. The van der Waals surface area contributed by atoms with E-state index in [0.29, 0.717) is 12.1 Å². The van der Waals surface area contributed by atoms with Gasteiger partial charge in [0.05, 0.1) is 11.8 Å². The van der Waals surface area contributed by atoms with Gasteiger partial charge in [0.15, 0.2) is 5.13 Å². The summed E-state index contributed by atoms with van der Waals surface area (Å²) in [6, 6.07) is 6.22. The molecule has 0 bridgehead atoms. The molecule has 23 heavy (non-hydrogen) atoms. The maximum Gasteiger partial charge on any atom is 0.185 e. The molecule has 1 aliphatic rings. The number of nitrogens with zero attached hydrogens (tertiary/aromatic N) is 3. The zero-order valence-corrected chi connectivity index (χ0v) is 14.1. The van der Waals surface area contributed by atoms with Gasteiger partial charge < -0.3 is 10.0 Å². The summed E-state index contributed by atoms with van der Waals surface area (Å²) in [5.41, 5.74) is 1.70. The normalized spacial score (nSPS) is 18.0. The molecule has 0 spiro atoms. The third kappa shape index (κ3) is 4.28. The van der Waals surface area contributed by atoms with Crippen molar-refractivity contribution >= 4 is 16.5 Å². The van der Waals surface area contributed by atoms with Gasteiger partial charge >= 0.3 is 0 Å². The second kappa shape index (κ2) is 7.38. The molecule has 0 radical (unpaired) electrons. The maximum absolute atomic E-state index is 13.3. The molecule has 0 saturated carbocycles. The Hall–Kier alpha value is -1.50. The Balaban J connectivity index is 1.57. The van der Waals surface area contributed by atoms with Crippen LogP contribution in [0.25, 0.3) is 0 Å². The summed E-state index contributed by atoms with van der Waals surface area (Å²) in [6.45, 7) is 6.26. The lowest BCUT2D eigenvalue weighted by atomic mass is 10.1. The first kappa shape index (κ1) is 16.4. The largest absolute Gasteiger partial charge is 0.387 e. The van der Waals surface area contributed by atoms with Gasteiger partial charge in [-0.3, -0.25) is 4.90 Å². The second-order valence-corrected chi connectivity index (χ2v) is 6.82. The highest BCUT2D eigenvalue weighted by Crippen LogP contribution is 2.22. The number of rotatable bonds is 4. The minimum Gasteiger partial charge on any atom is -0.387 e. The van der Waals surface area contributed by atoms with Crippen LogP contribution in [0.2, 0.25) is 0 Å². The van der Waals surface area contributed by atoms with E-state index in [1.807, 2.05) is 6.92 Å². The van der Waals surface area contributed by atoms with E-state index in [1.165, 1.54) is 12.1 Å². The van der Waals surface area contributed by atoms with Crippen molar-refractivity contribution in [2.45, 2.75) is 19.4 Å². The number of halogens is 1. The van der Waals surface area contributed by atoms with Gasteiger partial charge in [-0.05, 0) is 31.0 Å². The Bertz CT molecular complexity index is 648. The number of aliphatic hydroxyl groups is 1. The van der Waals surface area contributed by atoms with Crippen LogP contribution >= 0.6 is 11.3 Å². The first-order chi connectivity index (χ1) is 11.1. The second-order valence-electron chi connectivity index (χ2n) is 5.98. The third-order valence-electron chi connectivity index (χ3n) is 4.13. The van der Waals surface area contributed by atoms with E-state index in [1.54, 1.807) is 23.5 Å². The number of benzene rings is 1. The molecule has 1 unspecified atom stereocenters. The van der Waals surface area contributed by atoms with Crippen LogP contribution < -0.4 is 4.90 Å². The van der Waals surface area contributed by atoms with E-state index in [4.69, 9.17) is 0 Å². The quantitative estimate of drug-likeness (QED) is 0.933. The molecule has 6 heteroatoms. The van der Waals surface area contributed by atoms with Gasteiger partial charge in [-0.1, -0.05) is 12.1 Å². The zero-order valence-electron chi connectivity index (χ0n) is 13.3. The van der Waals surface area contributed by atoms with Gasteiger partial charge in [0.1, 0.15) is 5.82 Å². The Morgan fingerprint density at radius 3 is 2.91 bits per heavy atom. The van der Waals surface area contributed by atoms with Crippen LogP contribution in [0.5, 0.6) is 0 Å². The highest BCUT2D eigenvalue weighted by molar-refractivity contribution is 7.13. The Morgan fingerprint density at radius 1 is 1.30 bits per heavy atom. The minimum absolute atomic E-state index is 0.303. The monoisotopic (exact) mass is 335 g/mol. The molecular weight excluding hydrogens is 313 g/mol. The fourth-order valence-electron chi connectivity index (χ4n) is 2.90. The highest BCUT2D eigenvalue weighted by Gasteiger charge is 2.20. The van der Waals surface area contributed by atoms with Crippen LogP contribution in [0, 0.1) is 12.7 Å². The van der Waals surface area contributed by atoms with E-state index >= 15 is 0 Å². The van der Waals surface area contributed by atoms with Crippen LogP contribution in [0.3, 0.4) is 0 Å². The predicted molar refractivity (Wildman–Crippen MR) is 91.5 cm³/mol. The van der Waals surface area contributed by atoms with E-state index in [2.05, 4.69) is 20.2 Å². The van der Waals surface area contributed by atoms with Crippen molar-refractivity contribution in [3.05, 3.63) is 46.7 Å². The molecule has 0 aliphatic carbocycles. The van der Waals surface area contributed by atoms with Crippen LogP contribution in [-0.4, -0.2) is 47.7 Å².